The minimum absolute atomic E-state index is 0.0157. The Hall–Kier alpha value is -1.14. The molecular weight excluding hydrogens is 224 g/mol. The van der Waals surface area contributed by atoms with Crippen LogP contribution in [-0.2, 0) is 14.3 Å². The molecule has 2 atom stereocenters. The molecule has 1 rings (SSSR count). The van der Waals surface area contributed by atoms with Crippen LogP contribution in [0.25, 0.3) is 0 Å². The zero-order chi connectivity index (χ0) is 12.8. The van der Waals surface area contributed by atoms with Gasteiger partial charge in [0.25, 0.3) is 0 Å². The lowest BCUT2D eigenvalue weighted by Gasteiger charge is -2.32. The van der Waals surface area contributed by atoms with E-state index in [2.05, 4.69) is 0 Å². The Morgan fingerprint density at radius 1 is 1.59 bits per heavy atom. The van der Waals surface area contributed by atoms with E-state index in [4.69, 9.17) is 15.6 Å². The smallest absolute Gasteiger partial charge is 0.306 e. The van der Waals surface area contributed by atoms with Crippen LogP contribution in [0.15, 0.2) is 0 Å². The number of amides is 1. The summed E-state index contributed by atoms with van der Waals surface area (Å²) in [4.78, 5) is 24.1. The van der Waals surface area contributed by atoms with E-state index in [1.165, 1.54) is 0 Å². The van der Waals surface area contributed by atoms with E-state index in [1.54, 1.807) is 4.90 Å². The molecule has 1 amide bonds. The van der Waals surface area contributed by atoms with E-state index >= 15 is 0 Å². The van der Waals surface area contributed by atoms with Crippen molar-refractivity contribution in [1.82, 2.24) is 4.90 Å². The van der Waals surface area contributed by atoms with Crippen LogP contribution < -0.4 is 5.73 Å². The maximum Gasteiger partial charge on any atom is 0.306 e. The second-order valence-electron chi connectivity index (χ2n) is 4.30. The Balaban J connectivity index is 2.43. The zero-order valence-electron chi connectivity index (χ0n) is 10.1. The van der Waals surface area contributed by atoms with Gasteiger partial charge in [-0.25, -0.2) is 0 Å². The van der Waals surface area contributed by atoms with Gasteiger partial charge < -0.3 is 20.5 Å². The fourth-order valence-corrected chi connectivity index (χ4v) is 1.76. The second-order valence-corrected chi connectivity index (χ2v) is 4.30. The van der Waals surface area contributed by atoms with Crippen LogP contribution in [0.3, 0.4) is 0 Å². The van der Waals surface area contributed by atoms with Crippen molar-refractivity contribution in [3.05, 3.63) is 0 Å². The summed E-state index contributed by atoms with van der Waals surface area (Å²) in [5.41, 5.74) is 5.72. The molecule has 1 fully saturated rings. The number of hydrogen-bond donors (Lipinski definition) is 2. The van der Waals surface area contributed by atoms with E-state index in [0.717, 1.165) is 6.42 Å². The van der Waals surface area contributed by atoms with E-state index in [1.807, 2.05) is 6.92 Å². The quantitative estimate of drug-likeness (QED) is 0.699. The summed E-state index contributed by atoms with van der Waals surface area (Å²) in [6.07, 6.45) is 0.609. The molecule has 0 bridgehead atoms. The summed E-state index contributed by atoms with van der Waals surface area (Å²) >= 11 is 0. The predicted octanol–water partition coefficient (Wildman–Crippen LogP) is -0.184. The fourth-order valence-electron chi connectivity index (χ4n) is 1.76. The summed E-state index contributed by atoms with van der Waals surface area (Å²) in [6, 6.07) is -0.122. The maximum atomic E-state index is 11.8. The molecule has 6 heteroatoms. The maximum absolute atomic E-state index is 11.8. The van der Waals surface area contributed by atoms with Crippen molar-refractivity contribution in [3.8, 4) is 0 Å². The minimum Gasteiger partial charge on any atom is -0.481 e. The number of morpholine rings is 1. The Morgan fingerprint density at radius 3 is 2.88 bits per heavy atom. The molecule has 1 heterocycles. The number of ether oxygens (including phenoxy) is 1. The molecule has 0 aromatic carbocycles. The summed E-state index contributed by atoms with van der Waals surface area (Å²) in [6.45, 7) is 3.20. The Bertz CT molecular complexity index is 283. The van der Waals surface area contributed by atoms with Gasteiger partial charge in [-0.15, -0.1) is 0 Å². The lowest BCUT2D eigenvalue weighted by molar-refractivity contribution is -0.147. The van der Waals surface area contributed by atoms with Crippen LogP contribution in [0.5, 0.6) is 0 Å². The summed E-state index contributed by atoms with van der Waals surface area (Å²) in [5.74, 6) is -0.924. The van der Waals surface area contributed by atoms with Gasteiger partial charge in [-0.3, -0.25) is 9.59 Å². The van der Waals surface area contributed by atoms with Crippen LogP contribution in [-0.4, -0.2) is 53.7 Å². The minimum atomic E-state index is -0.908. The number of carboxylic acids is 1. The van der Waals surface area contributed by atoms with Gasteiger partial charge in [-0.1, -0.05) is 6.92 Å². The zero-order valence-corrected chi connectivity index (χ0v) is 10.1. The van der Waals surface area contributed by atoms with E-state index in [9.17, 15) is 9.59 Å². The Morgan fingerprint density at radius 2 is 2.29 bits per heavy atom. The largest absolute Gasteiger partial charge is 0.481 e. The molecule has 2 unspecified atom stereocenters. The van der Waals surface area contributed by atoms with Crippen LogP contribution >= 0.6 is 0 Å². The number of hydrogen-bond acceptors (Lipinski definition) is 4. The lowest BCUT2D eigenvalue weighted by Crippen LogP contribution is -2.47. The van der Waals surface area contributed by atoms with E-state index in [0.29, 0.717) is 26.1 Å². The SMILES string of the molecule is CCC(N)CC(=O)N1CCOC(CC(=O)O)C1. The molecule has 98 valence electrons. The Labute approximate surface area is 101 Å². The normalized spacial score (nSPS) is 22.2. The van der Waals surface area contributed by atoms with Crippen LogP contribution in [0, 0.1) is 0 Å². The van der Waals surface area contributed by atoms with Gasteiger partial charge in [-0.05, 0) is 6.42 Å². The Kier molecular flexibility index (Phi) is 5.37. The van der Waals surface area contributed by atoms with E-state index < -0.39 is 12.1 Å². The fraction of sp³-hybridized carbons (Fsp3) is 0.818. The number of carbonyl (C=O) groups is 2. The van der Waals surface area contributed by atoms with Gasteiger partial charge in [0.05, 0.1) is 19.1 Å². The third kappa shape index (κ3) is 4.70. The average Bonchev–Trinajstić information content (AvgIpc) is 2.28. The molecule has 0 radical (unpaired) electrons. The first-order valence-corrected chi connectivity index (χ1v) is 5.89. The molecule has 0 aromatic heterocycles. The first-order valence-electron chi connectivity index (χ1n) is 5.89. The van der Waals surface area contributed by atoms with Crippen molar-refractivity contribution in [2.45, 2.75) is 38.3 Å². The van der Waals surface area contributed by atoms with Crippen molar-refractivity contribution < 1.29 is 19.4 Å². The second kappa shape index (κ2) is 6.56. The molecular formula is C11H20N2O4. The van der Waals surface area contributed by atoms with Gasteiger partial charge >= 0.3 is 5.97 Å². The molecule has 1 aliphatic rings. The van der Waals surface area contributed by atoms with Crippen molar-refractivity contribution in [3.63, 3.8) is 0 Å². The molecule has 1 aliphatic heterocycles. The van der Waals surface area contributed by atoms with Crippen molar-refractivity contribution in [2.24, 2.45) is 5.73 Å². The number of carbonyl (C=O) groups excluding carboxylic acids is 1. The topological polar surface area (TPSA) is 92.9 Å². The molecule has 3 N–H and O–H groups in total. The van der Waals surface area contributed by atoms with Gasteiger partial charge in [0, 0.05) is 25.6 Å². The van der Waals surface area contributed by atoms with Crippen molar-refractivity contribution in [2.75, 3.05) is 19.7 Å². The first-order chi connectivity index (χ1) is 8.02. The van der Waals surface area contributed by atoms with Gasteiger partial charge in [-0.2, -0.15) is 0 Å². The monoisotopic (exact) mass is 244 g/mol. The molecule has 6 nitrogen and oxygen atoms in total. The number of nitrogens with two attached hydrogens (primary N) is 1. The predicted molar refractivity (Wildman–Crippen MR) is 61.5 cm³/mol. The first kappa shape index (κ1) is 13.9. The van der Waals surface area contributed by atoms with Crippen molar-refractivity contribution >= 4 is 11.9 Å². The van der Waals surface area contributed by atoms with Crippen LogP contribution in [0.1, 0.15) is 26.2 Å². The van der Waals surface area contributed by atoms with E-state index in [-0.39, 0.29) is 18.4 Å². The third-order valence-corrected chi connectivity index (χ3v) is 2.85. The van der Waals surface area contributed by atoms with Gasteiger partial charge in [0.2, 0.25) is 5.91 Å². The van der Waals surface area contributed by atoms with Gasteiger partial charge in [0.1, 0.15) is 0 Å². The van der Waals surface area contributed by atoms with Crippen LogP contribution in [0.2, 0.25) is 0 Å². The molecule has 1 saturated heterocycles. The van der Waals surface area contributed by atoms with Crippen molar-refractivity contribution in [1.29, 1.82) is 0 Å². The highest BCUT2D eigenvalue weighted by Gasteiger charge is 2.26. The summed E-state index contributed by atoms with van der Waals surface area (Å²) in [5, 5.41) is 8.67. The molecule has 0 aromatic rings. The summed E-state index contributed by atoms with van der Waals surface area (Å²) in [7, 11) is 0. The van der Waals surface area contributed by atoms with Crippen LogP contribution in [0.4, 0.5) is 0 Å². The summed E-state index contributed by atoms with van der Waals surface area (Å²) < 4.78 is 5.29. The highest BCUT2D eigenvalue weighted by Crippen LogP contribution is 2.11. The number of aliphatic carboxylic acids is 1. The molecule has 17 heavy (non-hydrogen) atoms. The molecule has 0 saturated carbocycles. The number of nitrogens with zero attached hydrogens (tertiary/aromatic N) is 1. The average molecular weight is 244 g/mol. The molecule has 0 aliphatic carbocycles. The molecule has 0 spiro atoms. The van der Waals surface area contributed by atoms with Gasteiger partial charge in [0.15, 0.2) is 0 Å². The lowest BCUT2D eigenvalue weighted by atomic mass is 10.1. The highest BCUT2D eigenvalue weighted by molar-refractivity contribution is 5.77. The number of rotatable bonds is 5. The number of carboxylic acid groups (broad SMARTS) is 1. The standard InChI is InChI=1S/C11H20N2O4/c1-2-8(12)5-10(14)13-3-4-17-9(7-13)6-11(15)16/h8-9H,2-7,12H2,1H3,(H,15,16). The highest BCUT2D eigenvalue weighted by atomic mass is 16.5. The third-order valence-electron chi connectivity index (χ3n) is 2.85.